The lowest BCUT2D eigenvalue weighted by Gasteiger charge is -2.00. The highest BCUT2D eigenvalue weighted by Gasteiger charge is 2.12. The SMILES string of the molecule is CCOC(=O)C/C(=N\O)C(C)=O. The first-order chi connectivity index (χ1) is 5.61. The summed E-state index contributed by atoms with van der Waals surface area (Å²) in [6, 6.07) is 0. The van der Waals surface area contributed by atoms with Crippen molar-refractivity contribution in [2.75, 3.05) is 6.61 Å². The number of nitrogens with zero attached hydrogens (tertiary/aromatic N) is 1. The van der Waals surface area contributed by atoms with Crippen LogP contribution < -0.4 is 0 Å². The monoisotopic (exact) mass is 173 g/mol. The lowest BCUT2D eigenvalue weighted by Crippen LogP contribution is -2.17. The van der Waals surface area contributed by atoms with E-state index in [0.717, 1.165) is 0 Å². The van der Waals surface area contributed by atoms with E-state index in [4.69, 9.17) is 5.21 Å². The van der Waals surface area contributed by atoms with E-state index in [9.17, 15) is 9.59 Å². The predicted octanol–water partition coefficient (Wildman–Crippen LogP) is 0.359. The molecule has 0 aliphatic rings. The largest absolute Gasteiger partial charge is 0.466 e. The highest BCUT2D eigenvalue weighted by atomic mass is 16.5. The Bertz CT molecular complexity index is 209. The van der Waals surface area contributed by atoms with Gasteiger partial charge in [-0.15, -0.1) is 0 Å². The summed E-state index contributed by atoms with van der Waals surface area (Å²) < 4.78 is 4.54. The molecule has 0 aliphatic heterocycles. The highest BCUT2D eigenvalue weighted by molar-refractivity contribution is 6.41. The van der Waals surface area contributed by atoms with Crippen LogP contribution in [-0.2, 0) is 14.3 Å². The Morgan fingerprint density at radius 3 is 2.42 bits per heavy atom. The molecule has 0 aromatic heterocycles. The van der Waals surface area contributed by atoms with Crippen LogP contribution in [0.1, 0.15) is 20.3 Å². The number of carbonyl (C=O) groups is 2. The summed E-state index contributed by atoms with van der Waals surface area (Å²) in [5, 5.41) is 10.9. The van der Waals surface area contributed by atoms with E-state index < -0.39 is 11.8 Å². The molecule has 5 heteroatoms. The second-order valence-corrected chi connectivity index (χ2v) is 2.08. The third-order valence-electron chi connectivity index (χ3n) is 1.14. The van der Waals surface area contributed by atoms with Crippen LogP contribution >= 0.6 is 0 Å². The fraction of sp³-hybridized carbons (Fsp3) is 0.571. The molecular weight excluding hydrogens is 162 g/mol. The fourth-order valence-electron chi connectivity index (χ4n) is 0.579. The number of rotatable bonds is 4. The molecule has 0 heterocycles. The van der Waals surface area contributed by atoms with Gasteiger partial charge < -0.3 is 9.94 Å². The molecule has 1 N–H and O–H groups in total. The zero-order valence-corrected chi connectivity index (χ0v) is 7.03. The van der Waals surface area contributed by atoms with Gasteiger partial charge in [0.25, 0.3) is 0 Å². The molecule has 0 aromatic rings. The summed E-state index contributed by atoms with van der Waals surface area (Å²) in [7, 11) is 0. The minimum atomic E-state index is -0.569. The molecule has 0 radical (unpaired) electrons. The smallest absolute Gasteiger partial charge is 0.312 e. The first-order valence-electron chi connectivity index (χ1n) is 3.49. The molecule has 0 amide bonds. The van der Waals surface area contributed by atoms with Crippen LogP contribution in [0.15, 0.2) is 5.16 Å². The summed E-state index contributed by atoms with van der Waals surface area (Å²) in [5.41, 5.74) is -0.187. The number of Topliss-reactive ketones (excluding diaryl/α,β-unsaturated/α-hetero) is 1. The number of ether oxygens (including phenoxy) is 1. The van der Waals surface area contributed by atoms with Crippen LogP contribution in [0.3, 0.4) is 0 Å². The molecule has 68 valence electrons. The molecule has 0 atom stereocenters. The summed E-state index contributed by atoms with van der Waals surface area (Å²) in [6.45, 7) is 3.12. The van der Waals surface area contributed by atoms with E-state index in [2.05, 4.69) is 9.89 Å². The van der Waals surface area contributed by atoms with Crippen molar-refractivity contribution in [3.63, 3.8) is 0 Å². The van der Waals surface area contributed by atoms with Crippen molar-refractivity contribution in [3.8, 4) is 0 Å². The van der Waals surface area contributed by atoms with Crippen molar-refractivity contribution < 1.29 is 19.5 Å². The Morgan fingerprint density at radius 1 is 1.50 bits per heavy atom. The standard InChI is InChI=1S/C7H11NO4/c1-3-12-7(10)4-6(8-11)5(2)9/h11H,3-4H2,1-2H3/b8-6+. The molecular formula is C7H11NO4. The van der Waals surface area contributed by atoms with Crippen molar-refractivity contribution in [3.05, 3.63) is 0 Å². The molecule has 0 bridgehead atoms. The van der Waals surface area contributed by atoms with Crippen LogP contribution in [0.4, 0.5) is 0 Å². The number of hydrogen-bond acceptors (Lipinski definition) is 5. The highest BCUT2D eigenvalue weighted by Crippen LogP contribution is 1.92. The Morgan fingerprint density at radius 2 is 2.08 bits per heavy atom. The fourth-order valence-corrected chi connectivity index (χ4v) is 0.579. The molecule has 0 fully saturated rings. The van der Waals surface area contributed by atoms with Crippen molar-refractivity contribution in [1.29, 1.82) is 0 Å². The molecule has 0 saturated carbocycles. The summed E-state index contributed by atoms with van der Waals surface area (Å²) in [6.07, 6.45) is -0.278. The van der Waals surface area contributed by atoms with E-state index in [-0.39, 0.29) is 18.7 Å². The molecule has 0 saturated heterocycles. The number of oxime groups is 1. The second-order valence-electron chi connectivity index (χ2n) is 2.08. The van der Waals surface area contributed by atoms with E-state index in [0.29, 0.717) is 0 Å². The molecule has 0 spiro atoms. The lowest BCUT2D eigenvalue weighted by atomic mass is 10.2. The van der Waals surface area contributed by atoms with Crippen molar-refractivity contribution in [2.45, 2.75) is 20.3 Å². The lowest BCUT2D eigenvalue weighted by molar-refractivity contribution is -0.141. The van der Waals surface area contributed by atoms with Gasteiger partial charge in [-0.25, -0.2) is 0 Å². The number of esters is 1. The van der Waals surface area contributed by atoms with Crippen molar-refractivity contribution in [2.24, 2.45) is 5.16 Å². The van der Waals surface area contributed by atoms with Crippen LogP contribution in [-0.4, -0.2) is 29.3 Å². The Kier molecular flexibility index (Phi) is 4.67. The maximum Gasteiger partial charge on any atom is 0.312 e. The van der Waals surface area contributed by atoms with Gasteiger partial charge in [0.05, 0.1) is 13.0 Å². The van der Waals surface area contributed by atoms with E-state index >= 15 is 0 Å². The summed E-state index contributed by atoms with van der Waals surface area (Å²) >= 11 is 0. The minimum absolute atomic E-state index is 0.187. The van der Waals surface area contributed by atoms with Gasteiger partial charge in [0.15, 0.2) is 5.78 Å². The van der Waals surface area contributed by atoms with Crippen LogP contribution in [0.5, 0.6) is 0 Å². The Balaban J connectivity index is 4.05. The maximum atomic E-state index is 10.8. The topological polar surface area (TPSA) is 76.0 Å². The quantitative estimate of drug-likeness (QED) is 0.288. The predicted molar refractivity (Wildman–Crippen MR) is 41.2 cm³/mol. The average Bonchev–Trinajstić information content (AvgIpc) is 2.00. The van der Waals surface area contributed by atoms with E-state index in [1.165, 1.54) is 6.92 Å². The van der Waals surface area contributed by atoms with Gasteiger partial charge in [-0.05, 0) is 6.92 Å². The molecule has 0 aliphatic carbocycles. The average molecular weight is 173 g/mol. The molecule has 12 heavy (non-hydrogen) atoms. The number of carbonyl (C=O) groups excluding carboxylic acids is 2. The zero-order valence-electron chi connectivity index (χ0n) is 7.03. The second kappa shape index (κ2) is 5.29. The van der Waals surface area contributed by atoms with Gasteiger partial charge in [-0.3, -0.25) is 9.59 Å². The van der Waals surface area contributed by atoms with Crippen LogP contribution in [0.2, 0.25) is 0 Å². The maximum absolute atomic E-state index is 10.8. The summed E-state index contributed by atoms with van der Waals surface area (Å²) in [4.78, 5) is 21.4. The first kappa shape index (κ1) is 10.6. The first-order valence-corrected chi connectivity index (χ1v) is 3.49. The summed E-state index contributed by atoms with van der Waals surface area (Å²) in [5.74, 6) is -1.01. The number of ketones is 1. The zero-order chi connectivity index (χ0) is 9.56. The van der Waals surface area contributed by atoms with Gasteiger partial charge in [0, 0.05) is 6.92 Å². The van der Waals surface area contributed by atoms with Gasteiger partial charge in [-0.2, -0.15) is 0 Å². The van der Waals surface area contributed by atoms with Gasteiger partial charge in [-0.1, -0.05) is 5.16 Å². The van der Waals surface area contributed by atoms with Crippen molar-refractivity contribution in [1.82, 2.24) is 0 Å². The van der Waals surface area contributed by atoms with Gasteiger partial charge in [0.2, 0.25) is 0 Å². The van der Waals surface area contributed by atoms with Crippen LogP contribution in [0, 0.1) is 0 Å². The van der Waals surface area contributed by atoms with Gasteiger partial charge >= 0.3 is 5.97 Å². The molecule has 0 rings (SSSR count). The Hall–Kier alpha value is -1.39. The number of hydrogen-bond donors (Lipinski definition) is 1. The van der Waals surface area contributed by atoms with Crippen molar-refractivity contribution >= 4 is 17.5 Å². The van der Waals surface area contributed by atoms with E-state index in [1.54, 1.807) is 6.92 Å². The van der Waals surface area contributed by atoms with E-state index in [1.807, 2.05) is 0 Å². The molecule has 0 unspecified atom stereocenters. The molecule has 0 aromatic carbocycles. The van der Waals surface area contributed by atoms with Crippen LogP contribution in [0.25, 0.3) is 0 Å². The molecule has 5 nitrogen and oxygen atoms in total. The normalized spacial score (nSPS) is 11.0. The minimum Gasteiger partial charge on any atom is -0.466 e. The Labute approximate surface area is 70.0 Å². The third-order valence-corrected chi connectivity index (χ3v) is 1.14. The third kappa shape index (κ3) is 3.70. The van der Waals surface area contributed by atoms with Gasteiger partial charge in [0.1, 0.15) is 5.71 Å².